The van der Waals surface area contributed by atoms with E-state index in [2.05, 4.69) is 185 Å². The van der Waals surface area contributed by atoms with Gasteiger partial charge in [0.15, 0.2) is 5.58 Å². The monoisotopic (exact) mass is 657 g/mol. The summed E-state index contributed by atoms with van der Waals surface area (Å²) in [6.45, 7) is 11.6. The summed E-state index contributed by atoms with van der Waals surface area (Å²) >= 11 is 0. The van der Waals surface area contributed by atoms with Crippen LogP contribution in [0.25, 0.3) is 55.3 Å². The molecule has 0 N–H and O–H groups in total. The third kappa shape index (κ3) is 4.17. The summed E-state index contributed by atoms with van der Waals surface area (Å²) in [7, 11) is 0. The molecule has 0 saturated carbocycles. The lowest BCUT2D eigenvalue weighted by atomic mass is 9.80. The fourth-order valence-corrected chi connectivity index (χ4v) is 9.18. The minimum Gasteiger partial charge on any atom is -0.454 e. The first-order valence-corrected chi connectivity index (χ1v) is 18.0. The summed E-state index contributed by atoms with van der Waals surface area (Å²) in [6.07, 6.45) is 0. The Morgan fingerprint density at radius 1 is 0.451 bits per heavy atom. The number of benzene rings is 7. The molecule has 1 heterocycles. The van der Waals surface area contributed by atoms with Crippen molar-refractivity contribution in [3.05, 3.63) is 173 Å². The second-order valence-corrected chi connectivity index (χ2v) is 15.4. The number of nitrogens with zero attached hydrogens (tertiary/aromatic N) is 1. The van der Waals surface area contributed by atoms with Gasteiger partial charge in [-0.1, -0.05) is 137 Å². The van der Waals surface area contributed by atoms with E-state index in [-0.39, 0.29) is 10.8 Å². The number of hydrogen-bond acceptors (Lipinski definition) is 2. The van der Waals surface area contributed by atoms with Crippen LogP contribution in [-0.4, -0.2) is 0 Å². The molecule has 10 rings (SSSR count). The minimum absolute atomic E-state index is 0.0413. The highest BCUT2D eigenvalue weighted by Gasteiger charge is 2.41. The molecule has 1 aromatic heterocycles. The molecule has 0 saturated heterocycles. The fraction of sp³-hybridized carbons (Fsp3) is 0.143. The van der Waals surface area contributed by atoms with Crippen LogP contribution in [-0.2, 0) is 10.8 Å². The minimum atomic E-state index is -0.245. The molecule has 0 amide bonds. The van der Waals surface area contributed by atoms with E-state index < -0.39 is 0 Å². The van der Waals surface area contributed by atoms with Crippen molar-refractivity contribution in [1.82, 2.24) is 0 Å². The molecule has 246 valence electrons. The molecule has 8 aromatic rings. The largest absolute Gasteiger partial charge is 0.454 e. The van der Waals surface area contributed by atoms with E-state index in [9.17, 15) is 0 Å². The Balaban J connectivity index is 1.19. The first-order chi connectivity index (χ1) is 24.7. The van der Waals surface area contributed by atoms with Crippen molar-refractivity contribution < 1.29 is 4.42 Å². The molecule has 51 heavy (non-hydrogen) atoms. The van der Waals surface area contributed by atoms with E-state index in [1.54, 1.807) is 0 Å². The number of anilines is 3. The zero-order valence-electron chi connectivity index (χ0n) is 29.7. The first kappa shape index (κ1) is 30.0. The van der Waals surface area contributed by atoms with Crippen molar-refractivity contribution in [3.63, 3.8) is 0 Å². The van der Waals surface area contributed by atoms with Gasteiger partial charge < -0.3 is 9.32 Å². The number of fused-ring (bicyclic) bond motifs is 9. The maximum absolute atomic E-state index is 7.00. The zero-order valence-corrected chi connectivity index (χ0v) is 29.7. The second-order valence-electron chi connectivity index (χ2n) is 15.4. The molecule has 0 aliphatic heterocycles. The van der Waals surface area contributed by atoms with Crippen LogP contribution in [0.15, 0.2) is 150 Å². The van der Waals surface area contributed by atoms with Crippen LogP contribution in [0.1, 0.15) is 55.5 Å². The standard InChI is InChI=1S/C49H39NO/c1-30-14-13-19-38-40-29-39-36-18-10-12-21-42(36)49(4,5)44(39)45(47(40)51-46(30)38)50(33-15-7-6-8-16-33)34-25-22-31(23-26-34)32-24-27-37-35-17-9-11-20-41(35)48(2,3)43(37)28-32/h6-29H,1-5H3. The Hall–Kier alpha value is -5.86. The van der Waals surface area contributed by atoms with Crippen molar-refractivity contribution in [2.45, 2.75) is 45.4 Å². The van der Waals surface area contributed by atoms with Crippen LogP contribution in [0.5, 0.6) is 0 Å². The highest BCUT2D eigenvalue weighted by atomic mass is 16.3. The Labute approximate surface area is 299 Å². The fourth-order valence-electron chi connectivity index (χ4n) is 9.18. The van der Waals surface area contributed by atoms with Crippen molar-refractivity contribution in [2.24, 2.45) is 0 Å². The quantitative estimate of drug-likeness (QED) is 0.187. The second kappa shape index (κ2) is 10.6. The number of rotatable bonds is 4. The van der Waals surface area contributed by atoms with Gasteiger partial charge in [-0.05, 0) is 105 Å². The smallest absolute Gasteiger partial charge is 0.159 e. The molecule has 0 atom stereocenters. The van der Waals surface area contributed by atoms with Gasteiger partial charge in [0.1, 0.15) is 5.58 Å². The van der Waals surface area contributed by atoms with E-state index in [1.807, 2.05) is 0 Å². The molecule has 0 unspecified atom stereocenters. The predicted octanol–water partition coefficient (Wildman–Crippen LogP) is 13.6. The predicted molar refractivity (Wildman–Crippen MR) is 214 cm³/mol. The summed E-state index contributed by atoms with van der Waals surface area (Å²) in [5.74, 6) is 0. The van der Waals surface area contributed by atoms with Crippen molar-refractivity contribution >= 4 is 39.0 Å². The first-order valence-electron chi connectivity index (χ1n) is 18.0. The molecule has 0 bridgehead atoms. The third-order valence-corrected chi connectivity index (χ3v) is 11.8. The number of hydrogen-bond donors (Lipinski definition) is 0. The molecule has 0 radical (unpaired) electrons. The molecule has 2 aliphatic carbocycles. The van der Waals surface area contributed by atoms with Crippen LogP contribution >= 0.6 is 0 Å². The molecular formula is C49H39NO. The molecule has 2 nitrogen and oxygen atoms in total. The van der Waals surface area contributed by atoms with Gasteiger partial charge in [0.2, 0.25) is 0 Å². The van der Waals surface area contributed by atoms with Crippen LogP contribution in [0.4, 0.5) is 17.1 Å². The van der Waals surface area contributed by atoms with Gasteiger partial charge in [-0.3, -0.25) is 0 Å². The topological polar surface area (TPSA) is 16.4 Å². The Bertz CT molecular complexity index is 2690. The van der Waals surface area contributed by atoms with Crippen LogP contribution < -0.4 is 4.90 Å². The van der Waals surface area contributed by atoms with Crippen LogP contribution in [0.2, 0.25) is 0 Å². The Morgan fingerprint density at radius 2 is 1.06 bits per heavy atom. The lowest BCUT2D eigenvalue weighted by molar-refractivity contribution is 0.647. The van der Waals surface area contributed by atoms with E-state index in [1.165, 1.54) is 55.6 Å². The van der Waals surface area contributed by atoms with Crippen LogP contribution in [0, 0.1) is 6.92 Å². The van der Waals surface area contributed by atoms with Gasteiger partial charge in [0.05, 0.1) is 5.69 Å². The van der Waals surface area contributed by atoms with E-state index >= 15 is 0 Å². The van der Waals surface area contributed by atoms with Crippen molar-refractivity contribution in [1.29, 1.82) is 0 Å². The normalized spacial score (nSPS) is 14.7. The number of aryl methyl sites for hydroxylation is 1. The van der Waals surface area contributed by atoms with Gasteiger partial charge in [0.25, 0.3) is 0 Å². The lowest BCUT2D eigenvalue weighted by Gasteiger charge is -2.32. The third-order valence-electron chi connectivity index (χ3n) is 11.8. The van der Waals surface area contributed by atoms with Crippen LogP contribution in [0.3, 0.4) is 0 Å². The maximum atomic E-state index is 7.00. The number of para-hydroxylation sites is 2. The Morgan fingerprint density at radius 3 is 1.80 bits per heavy atom. The van der Waals surface area contributed by atoms with Gasteiger partial charge in [0, 0.05) is 33.0 Å². The zero-order chi connectivity index (χ0) is 34.6. The molecule has 2 aliphatic rings. The van der Waals surface area contributed by atoms with Gasteiger partial charge in [-0.25, -0.2) is 0 Å². The SMILES string of the molecule is Cc1cccc2c1oc1c(N(c3ccccc3)c3ccc(-c4ccc5c(c4)C(C)(C)c4ccccc4-5)cc3)c3c(cc12)-c1ccccc1C3(C)C. The summed E-state index contributed by atoms with van der Waals surface area (Å²) in [4.78, 5) is 2.43. The summed E-state index contributed by atoms with van der Waals surface area (Å²) in [5, 5.41) is 2.30. The summed E-state index contributed by atoms with van der Waals surface area (Å²) in [6, 6.07) is 53.5. The lowest BCUT2D eigenvalue weighted by Crippen LogP contribution is -2.21. The molecule has 7 aromatic carbocycles. The molecule has 0 fully saturated rings. The van der Waals surface area contributed by atoms with Crippen molar-refractivity contribution in [3.8, 4) is 33.4 Å². The molecular weight excluding hydrogens is 619 g/mol. The van der Waals surface area contributed by atoms with E-state index in [0.29, 0.717) is 0 Å². The number of furan rings is 1. The summed E-state index contributed by atoms with van der Waals surface area (Å²) < 4.78 is 7.00. The Kier molecular flexibility index (Phi) is 6.22. The molecule has 2 heteroatoms. The van der Waals surface area contributed by atoms with Crippen molar-refractivity contribution in [2.75, 3.05) is 4.90 Å². The summed E-state index contributed by atoms with van der Waals surface area (Å²) in [5.41, 5.74) is 19.2. The average Bonchev–Trinajstić information content (AvgIpc) is 3.73. The van der Waals surface area contributed by atoms with Gasteiger partial charge >= 0.3 is 0 Å². The highest BCUT2D eigenvalue weighted by Crippen LogP contribution is 2.58. The average molecular weight is 658 g/mol. The molecule has 0 spiro atoms. The van der Waals surface area contributed by atoms with E-state index in [4.69, 9.17) is 4.42 Å². The highest BCUT2D eigenvalue weighted by molar-refractivity contribution is 6.15. The maximum Gasteiger partial charge on any atom is 0.159 e. The van der Waals surface area contributed by atoms with Gasteiger partial charge in [-0.2, -0.15) is 0 Å². The van der Waals surface area contributed by atoms with Gasteiger partial charge in [-0.15, -0.1) is 0 Å². The van der Waals surface area contributed by atoms with E-state index in [0.717, 1.165) is 44.6 Å².